The molecule has 0 aromatic heterocycles. The maximum atomic E-state index is 12.7. The number of hydrogen-bond acceptors (Lipinski definition) is 4. The van der Waals surface area contributed by atoms with Gasteiger partial charge in [-0.2, -0.15) is 0 Å². The third-order valence-electron chi connectivity index (χ3n) is 5.02. The highest BCUT2D eigenvalue weighted by Gasteiger charge is 2.24. The first-order valence-electron chi connectivity index (χ1n) is 9.28. The van der Waals surface area contributed by atoms with E-state index in [0.717, 1.165) is 12.8 Å². The van der Waals surface area contributed by atoms with Gasteiger partial charge in [0, 0.05) is 37.3 Å². The average Bonchev–Trinajstić information content (AvgIpc) is 3.30. The van der Waals surface area contributed by atoms with E-state index in [1.165, 1.54) is 12.1 Å². The summed E-state index contributed by atoms with van der Waals surface area (Å²) in [6, 6.07) is 13.1. The fourth-order valence-electron chi connectivity index (χ4n) is 3.60. The lowest BCUT2D eigenvalue weighted by molar-refractivity contribution is -0.117. The second-order valence-corrected chi connectivity index (χ2v) is 8.63. The Kier molecular flexibility index (Phi) is 4.80. The summed E-state index contributed by atoms with van der Waals surface area (Å²) in [5.41, 5.74) is 1.79. The molecule has 1 N–H and O–H groups in total. The van der Waals surface area contributed by atoms with Crippen molar-refractivity contribution in [1.82, 2.24) is 0 Å². The molecular weight excluding hydrogens is 378 g/mol. The predicted octanol–water partition coefficient (Wildman–Crippen LogP) is 2.74. The van der Waals surface area contributed by atoms with Crippen molar-refractivity contribution in [2.75, 3.05) is 27.6 Å². The molecule has 4 rings (SSSR count). The average molecular weight is 399 g/mol. The molecule has 0 saturated carbocycles. The van der Waals surface area contributed by atoms with Crippen LogP contribution in [0.25, 0.3) is 0 Å². The molecule has 2 amide bonds. The molecule has 2 aliphatic rings. The topological polar surface area (TPSA) is 86.8 Å². The Morgan fingerprint density at radius 1 is 0.786 bits per heavy atom. The fourth-order valence-corrected chi connectivity index (χ4v) is 4.65. The minimum Gasteiger partial charge on any atom is -0.312 e. The van der Waals surface area contributed by atoms with Gasteiger partial charge in [0.1, 0.15) is 0 Å². The van der Waals surface area contributed by atoms with Gasteiger partial charge in [-0.15, -0.1) is 0 Å². The van der Waals surface area contributed by atoms with Crippen molar-refractivity contribution in [3.05, 3.63) is 48.5 Å². The normalized spacial score (nSPS) is 17.4. The summed E-state index contributed by atoms with van der Waals surface area (Å²) in [5, 5.41) is 0. The summed E-state index contributed by atoms with van der Waals surface area (Å²) in [4.78, 5) is 27.2. The summed E-state index contributed by atoms with van der Waals surface area (Å²) < 4.78 is 28.0. The minimum absolute atomic E-state index is 0.0482. The molecule has 0 unspecified atom stereocenters. The number of hydrogen-bond donors (Lipinski definition) is 1. The molecule has 2 aromatic rings. The Morgan fingerprint density at radius 2 is 1.39 bits per heavy atom. The first-order chi connectivity index (χ1) is 13.4. The molecule has 0 bridgehead atoms. The highest BCUT2D eigenvalue weighted by atomic mass is 32.2. The summed E-state index contributed by atoms with van der Waals surface area (Å²) in [5.74, 6) is 0.106. The Balaban J connectivity index is 1.53. The maximum Gasteiger partial charge on any atom is 0.261 e. The third-order valence-corrected chi connectivity index (χ3v) is 6.41. The lowest BCUT2D eigenvalue weighted by atomic mass is 10.2. The molecular formula is C20H21N3O4S. The minimum atomic E-state index is -3.78. The van der Waals surface area contributed by atoms with Crippen LogP contribution in [-0.4, -0.2) is 33.3 Å². The number of nitrogens with zero attached hydrogens (tertiary/aromatic N) is 2. The van der Waals surface area contributed by atoms with Crippen molar-refractivity contribution in [1.29, 1.82) is 0 Å². The van der Waals surface area contributed by atoms with Crippen molar-refractivity contribution >= 4 is 38.9 Å². The van der Waals surface area contributed by atoms with Crippen LogP contribution in [0.1, 0.15) is 25.7 Å². The smallest absolute Gasteiger partial charge is 0.261 e. The van der Waals surface area contributed by atoms with Crippen molar-refractivity contribution in [2.24, 2.45) is 0 Å². The van der Waals surface area contributed by atoms with Gasteiger partial charge in [-0.25, -0.2) is 8.42 Å². The molecule has 2 aliphatic heterocycles. The summed E-state index contributed by atoms with van der Waals surface area (Å²) in [6.07, 6.45) is 2.66. The molecule has 2 aromatic carbocycles. The number of nitrogens with one attached hydrogen (secondary N) is 1. The molecule has 0 spiro atoms. The maximum absolute atomic E-state index is 12.7. The van der Waals surface area contributed by atoms with Crippen LogP contribution in [0.15, 0.2) is 53.4 Å². The number of sulfonamides is 1. The molecule has 28 heavy (non-hydrogen) atoms. The summed E-state index contributed by atoms with van der Waals surface area (Å²) in [7, 11) is -3.78. The Bertz CT molecular complexity index is 1020. The largest absolute Gasteiger partial charge is 0.312 e. The molecule has 0 atom stereocenters. The molecule has 7 nitrogen and oxygen atoms in total. The zero-order valence-corrected chi connectivity index (χ0v) is 16.1. The SMILES string of the molecule is O=C1CCCN1c1ccc(S(=O)(=O)Nc2cccc(N3CCCC3=O)c2)cc1. The molecule has 0 aliphatic carbocycles. The van der Waals surface area contributed by atoms with Gasteiger partial charge in [-0.05, 0) is 55.3 Å². The van der Waals surface area contributed by atoms with Crippen LogP contribution in [-0.2, 0) is 19.6 Å². The molecule has 8 heteroatoms. The molecule has 2 saturated heterocycles. The van der Waals surface area contributed by atoms with E-state index in [9.17, 15) is 18.0 Å². The van der Waals surface area contributed by atoms with E-state index in [4.69, 9.17) is 0 Å². The predicted molar refractivity (Wildman–Crippen MR) is 107 cm³/mol. The number of benzene rings is 2. The van der Waals surface area contributed by atoms with Crippen LogP contribution in [0.3, 0.4) is 0 Å². The number of amides is 2. The third kappa shape index (κ3) is 3.60. The quantitative estimate of drug-likeness (QED) is 0.838. The standard InChI is InChI=1S/C20H21N3O4S/c24-19-6-2-12-22(19)16-8-10-18(11-9-16)28(26,27)21-15-4-1-5-17(14-15)23-13-3-7-20(23)25/h1,4-5,8-11,14,21H,2-3,6-7,12-13H2. The molecule has 2 heterocycles. The van der Waals surface area contributed by atoms with Gasteiger partial charge < -0.3 is 9.80 Å². The van der Waals surface area contributed by atoms with E-state index in [0.29, 0.717) is 43.0 Å². The first-order valence-corrected chi connectivity index (χ1v) is 10.8. The van der Waals surface area contributed by atoms with Gasteiger partial charge >= 0.3 is 0 Å². The van der Waals surface area contributed by atoms with Crippen LogP contribution in [0.2, 0.25) is 0 Å². The van der Waals surface area contributed by atoms with Gasteiger partial charge in [-0.3, -0.25) is 14.3 Å². The molecule has 2 fully saturated rings. The highest BCUT2D eigenvalue weighted by molar-refractivity contribution is 7.92. The monoisotopic (exact) mass is 399 g/mol. The van der Waals surface area contributed by atoms with Gasteiger partial charge in [-0.1, -0.05) is 6.07 Å². The van der Waals surface area contributed by atoms with Crippen LogP contribution < -0.4 is 14.5 Å². The molecule has 0 radical (unpaired) electrons. The Labute approximate surface area is 164 Å². The summed E-state index contributed by atoms with van der Waals surface area (Å²) >= 11 is 0. The van der Waals surface area contributed by atoms with Gasteiger partial charge in [0.2, 0.25) is 11.8 Å². The van der Waals surface area contributed by atoms with Crippen LogP contribution in [0.5, 0.6) is 0 Å². The highest BCUT2D eigenvalue weighted by Crippen LogP contribution is 2.27. The lowest BCUT2D eigenvalue weighted by Gasteiger charge is -2.18. The van der Waals surface area contributed by atoms with Gasteiger partial charge in [0.05, 0.1) is 10.6 Å². The zero-order chi connectivity index (χ0) is 19.7. The lowest BCUT2D eigenvalue weighted by Crippen LogP contribution is -2.24. The van der Waals surface area contributed by atoms with E-state index < -0.39 is 10.0 Å². The second-order valence-electron chi connectivity index (χ2n) is 6.95. The first kappa shape index (κ1) is 18.5. The van der Waals surface area contributed by atoms with Crippen molar-refractivity contribution in [2.45, 2.75) is 30.6 Å². The van der Waals surface area contributed by atoms with Crippen LogP contribution in [0, 0.1) is 0 Å². The van der Waals surface area contributed by atoms with Crippen molar-refractivity contribution in [3.63, 3.8) is 0 Å². The second kappa shape index (κ2) is 7.27. The number of carbonyl (C=O) groups excluding carboxylic acids is 2. The number of carbonyl (C=O) groups is 2. The van der Waals surface area contributed by atoms with E-state index >= 15 is 0 Å². The summed E-state index contributed by atoms with van der Waals surface area (Å²) in [6.45, 7) is 1.30. The van der Waals surface area contributed by atoms with Crippen molar-refractivity contribution in [3.8, 4) is 0 Å². The Morgan fingerprint density at radius 3 is 1.96 bits per heavy atom. The van der Waals surface area contributed by atoms with E-state index in [1.807, 2.05) is 0 Å². The van der Waals surface area contributed by atoms with Crippen LogP contribution in [0.4, 0.5) is 17.1 Å². The number of anilines is 3. The van der Waals surface area contributed by atoms with E-state index in [-0.39, 0.29) is 16.7 Å². The zero-order valence-electron chi connectivity index (χ0n) is 15.3. The van der Waals surface area contributed by atoms with Crippen molar-refractivity contribution < 1.29 is 18.0 Å². The van der Waals surface area contributed by atoms with Crippen LogP contribution >= 0.6 is 0 Å². The fraction of sp³-hybridized carbons (Fsp3) is 0.300. The van der Waals surface area contributed by atoms with Gasteiger partial charge in [0.25, 0.3) is 10.0 Å². The van der Waals surface area contributed by atoms with E-state index in [2.05, 4.69) is 4.72 Å². The van der Waals surface area contributed by atoms with Gasteiger partial charge in [0.15, 0.2) is 0 Å². The van der Waals surface area contributed by atoms with E-state index in [1.54, 1.807) is 46.2 Å². The number of rotatable bonds is 5. The Hall–Kier alpha value is -2.87. The molecule has 146 valence electrons.